The minimum absolute atomic E-state index is 1.10. The van der Waals surface area contributed by atoms with Gasteiger partial charge in [-0.15, -0.1) is 0 Å². The Morgan fingerprint density at radius 3 is 2.42 bits per heavy atom. The largest absolute Gasteiger partial charge is 0.0901 e. The van der Waals surface area contributed by atoms with Gasteiger partial charge in [0.2, 0.25) is 0 Å². The van der Waals surface area contributed by atoms with Crippen LogP contribution in [0.1, 0.15) is 37.0 Å². The van der Waals surface area contributed by atoms with Crippen molar-refractivity contribution in [1.29, 1.82) is 0 Å². The molecule has 0 heterocycles. The maximum atomic E-state index is 2.31. The third-order valence-corrected chi connectivity index (χ3v) is 4.36. The van der Waals surface area contributed by atoms with Crippen LogP contribution in [-0.4, -0.2) is 0 Å². The van der Waals surface area contributed by atoms with Crippen molar-refractivity contribution in [1.82, 2.24) is 0 Å². The fourth-order valence-corrected chi connectivity index (χ4v) is 3.25. The predicted octanol–water partition coefficient (Wildman–Crippen LogP) is 5.66. The van der Waals surface area contributed by atoms with Gasteiger partial charge in [-0.2, -0.15) is 0 Å². The van der Waals surface area contributed by atoms with Crippen LogP contribution >= 0.6 is 11.8 Å². The molecule has 0 spiro atoms. The van der Waals surface area contributed by atoms with Crippen molar-refractivity contribution in [3.8, 4) is 0 Å². The molecule has 0 nitrogen and oxygen atoms in total. The number of hydrogen-bond acceptors (Lipinski definition) is 1. The van der Waals surface area contributed by atoms with E-state index in [1.54, 1.807) is 0 Å². The fourth-order valence-electron chi connectivity index (χ4n) is 2.25. The molecule has 0 saturated heterocycles. The van der Waals surface area contributed by atoms with E-state index >= 15 is 0 Å². The Morgan fingerprint density at radius 1 is 0.947 bits per heavy atom. The number of hydrogen-bond donors (Lipinski definition) is 0. The maximum Gasteiger partial charge on any atom is 0.0125 e. The van der Waals surface area contributed by atoms with Crippen LogP contribution in [0.2, 0.25) is 0 Å². The van der Waals surface area contributed by atoms with Gasteiger partial charge in [-0.1, -0.05) is 50.2 Å². The highest BCUT2D eigenvalue weighted by Crippen LogP contribution is 2.30. The van der Waals surface area contributed by atoms with Crippen molar-refractivity contribution in [2.24, 2.45) is 0 Å². The second-order valence-corrected chi connectivity index (χ2v) is 6.09. The molecule has 0 N–H and O–H groups in total. The minimum Gasteiger partial charge on any atom is -0.0901 e. The van der Waals surface area contributed by atoms with E-state index in [1.165, 1.54) is 39.3 Å². The molecular formula is C18H22S. The molecular weight excluding hydrogens is 248 g/mol. The topological polar surface area (TPSA) is 0 Å². The summed E-state index contributed by atoms with van der Waals surface area (Å²) in [5.74, 6) is 0. The molecule has 0 saturated carbocycles. The van der Waals surface area contributed by atoms with Crippen LogP contribution in [-0.2, 0) is 12.8 Å². The summed E-state index contributed by atoms with van der Waals surface area (Å²) in [4.78, 5) is 2.67. The first kappa shape index (κ1) is 14.2. The predicted molar refractivity (Wildman–Crippen MR) is 85.1 cm³/mol. The number of aryl methyl sites for hydroxylation is 3. The molecule has 0 aliphatic rings. The smallest absolute Gasteiger partial charge is 0.0125 e. The molecule has 0 atom stereocenters. The van der Waals surface area contributed by atoms with E-state index in [1.807, 2.05) is 11.8 Å². The lowest BCUT2D eigenvalue weighted by molar-refractivity contribution is 0.910. The van der Waals surface area contributed by atoms with Crippen LogP contribution in [0.25, 0.3) is 0 Å². The van der Waals surface area contributed by atoms with Gasteiger partial charge in [0.05, 0.1) is 0 Å². The summed E-state index contributed by atoms with van der Waals surface area (Å²) in [6, 6.07) is 15.7. The van der Waals surface area contributed by atoms with Crippen LogP contribution in [0.5, 0.6) is 0 Å². The van der Waals surface area contributed by atoms with E-state index in [4.69, 9.17) is 0 Å². The Bertz CT molecular complexity index is 543. The molecule has 2 aromatic carbocycles. The zero-order valence-electron chi connectivity index (χ0n) is 12.1. The van der Waals surface area contributed by atoms with Gasteiger partial charge < -0.3 is 0 Å². The van der Waals surface area contributed by atoms with Crippen molar-refractivity contribution in [3.05, 3.63) is 59.2 Å². The van der Waals surface area contributed by atoms with Crippen LogP contribution in [0, 0.1) is 6.92 Å². The summed E-state index contributed by atoms with van der Waals surface area (Å²) in [5.41, 5.74) is 4.30. The van der Waals surface area contributed by atoms with Crippen molar-refractivity contribution in [2.75, 3.05) is 0 Å². The standard InChI is InChI=1S/C18H22S/c1-4-7-16-10-11-18(12-14(16)3)19-17-9-6-8-15(5-2)13-17/h6,8-13H,4-5,7H2,1-3H3. The molecule has 100 valence electrons. The van der Waals surface area contributed by atoms with Gasteiger partial charge >= 0.3 is 0 Å². The molecule has 0 aliphatic carbocycles. The zero-order valence-corrected chi connectivity index (χ0v) is 12.9. The van der Waals surface area contributed by atoms with Crippen LogP contribution in [0.3, 0.4) is 0 Å². The summed E-state index contributed by atoms with van der Waals surface area (Å²) in [6.07, 6.45) is 3.50. The van der Waals surface area contributed by atoms with E-state index < -0.39 is 0 Å². The summed E-state index contributed by atoms with van der Waals surface area (Å²) >= 11 is 1.86. The van der Waals surface area contributed by atoms with E-state index in [-0.39, 0.29) is 0 Å². The molecule has 0 fully saturated rings. The second-order valence-electron chi connectivity index (χ2n) is 4.94. The molecule has 19 heavy (non-hydrogen) atoms. The Hall–Kier alpha value is -1.21. The van der Waals surface area contributed by atoms with Gasteiger partial charge in [-0.3, -0.25) is 0 Å². The van der Waals surface area contributed by atoms with Gasteiger partial charge in [-0.25, -0.2) is 0 Å². The van der Waals surface area contributed by atoms with Crippen molar-refractivity contribution in [2.45, 2.75) is 49.8 Å². The van der Waals surface area contributed by atoms with E-state index in [2.05, 4.69) is 63.2 Å². The van der Waals surface area contributed by atoms with Gasteiger partial charge in [0, 0.05) is 9.79 Å². The highest BCUT2D eigenvalue weighted by Gasteiger charge is 2.02. The lowest BCUT2D eigenvalue weighted by atomic mass is 10.1. The molecule has 0 bridgehead atoms. The van der Waals surface area contributed by atoms with Crippen molar-refractivity contribution >= 4 is 11.8 Å². The number of benzene rings is 2. The monoisotopic (exact) mass is 270 g/mol. The molecule has 0 unspecified atom stereocenters. The first-order chi connectivity index (χ1) is 9.22. The quantitative estimate of drug-likeness (QED) is 0.675. The van der Waals surface area contributed by atoms with Gasteiger partial charge in [-0.05, 0) is 60.7 Å². The summed E-state index contributed by atoms with van der Waals surface area (Å²) in [6.45, 7) is 6.66. The maximum absolute atomic E-state index is 2.31. The van der Waals surface area contributed by atoms with Crippen molar-refractivity contribution < 1.29 is 0 Å². The van der Waals surface area contributed by atoms with Crippen LogP contribution in [0.4, 0.5) is 0 Å². The third-order valence-electron chi connectivity index (χ3n) is 3.38. The normalized spacial score (nSPS) is 10.7. The molecule has 0 aliphatic heterocycles. The molecule has 0 aromatic heterocycles. The molecule has 0 amide bonds. The Balaban J connectivity index is 2.16. The van der Waals surface area contributed by atoms with E-state index in [0.717, 1.165) is 6.42 Å². The minimum atomic E-state index is 1.10. The van der Waals surface area contributed by atoms with Gasteiger partial charge in [0.25, 0.3) is 0 Å². The second kappa shape index (κ2) is 6.81. The highest BCUT2D eigenvalue weighted by molar-refractivity contribution is 7.99. The van der Waals surface area contributed by atoms with Crippen LogP contribution < -0.4 is 0 Å². The van der Waals surface area contributed by atoms with Gasteiger partial charge in [0.1, 0.15) is 0 Å². The average molecular weight is 270 g/mol. The lowest BCUT2D eigenvalue weighted by Crippen LogP contribution is -1.88. The fraction of sp³-hybridized carbons (Fsp3) is 0.333. The number of rotatable bonds is 5. The van der Waals surface area contributed by atoms with E-state index in [9.17, 15) is 0 Å². The Labute approximate surface area is 121 Å². The third kappa shape index (κ3) is 3.87. The highest BCUT2D eigenvalue weighted by atomic mass is 32.2. The van der Waals surface area contributed by atoms with Crippen molar-refractivity contribution in [3.63, 3.8) is 0 Å². The first-order valence-electron chi connectivity index (χ1n) is 7.09. The molecule has 2 rings (SSSR count). The first-order valence-corrected chi connectivity index (χ1v) is 7.91. The summed E-state index contributed by atoms with van der Waals surface area (Å²) in [7, 11) is 0. The summed E-state index contributed by atoms with van der Waals surface area (Å²) < 4.78 is 0. The Kier molecular flexibility index (Phi) is 5.09. The van der Waals surface area contributed by atoms with Crippen LogP contribution in [0.15, 0.2) is 52.3 Å². The lowest BCUT2D eigenvalue weighted by Gasteiger charge is -2.08. The SMILES string of the molecule is CCCc1ccc(Sc2cccc(CC)c2)cc1C. The van der Waals surface area contributed by atoms with Gasteiger partial charge in [0.15, 0.2) is 0 Å². The molecule has 1 heteroatoms. The van der Waals surface area contributed by atoms with E-state index in [0.29, 0.717) is 0 Å². The molecule has 0 radical (unpaired) electrons. The summed E-state index contributed by atoms with van der Waals surface area (Å²) in [5, 5.41) is 0. The Morgan fingerprint density at radius 2 is 1.74 bits per heavy atom. The molecule has 2 aromatic rings. The average Bonchev–Trinajstić information content (AvgIpc) is 2.42. The zero-order chi connectivity index (χ0) is 13.7.